The van der Waals surface area contributed by atoms with E-state index in [0.29, 0.717) is 18.8 Å². The SMILES string of the molecule is C[C@H]1CC[C@@H]2[C@H](CC2(C)C)[C@@](C)(S(=O)(=O)Cc2ccccc2)CCC1=O. The standard InChI is InChI=1S/C22H32O3S/c1-16-10-11-18-19(14-21(18,2)3)22(4,13-12-20(16)23)26(24,25)15-17-8-6-5-7-9-17/h5-9,16,18-19H,10-15H2,1-4H3/t16-,18+,19-,22-/m0/s1. The lowest BCUT2D eigenvalue weighted by Crippen LogP contribution is -2.57. The Morgan fingerprint density at radius 3 is 2.31 bits per heavy atom. The van der Waals surface area contributed by atoms with Crippen molar-refractivity contribution in [3.8, 4) is 0 Å². The van der Waals surface area contributed by atoms with Crippen LogP contribution in [0.4, 0.5) is 0 Å². The molecule has 4 atom stereocenters. The van der Waals surface area contributed by atoms with Crippen LogP contribution in [0.2, 0.25) is 0 Å². The van der Waals surface area contributed by atoms with E-state index in [2.05, 4.69) is 13.8 Å². The molecule has 4 heteroatoms. The molecule has 0 heterocycles. The van der Waals surface area contributed by atoms with Gasteiger partial charge in [-0.05, 0) is 55.4 Å². The first-order chi connectivity index (χ1) is 12.1. The highest BCUT2D eigenvalue weighted by Crippen LogP contribution is 2.60. The number of benzene rings is 1. The molecule has 0 aromatic heterocycles. The number of hydrogen-bond acceptors (Lipinski definition) is 3. The van der Waals surface area contributed by atoms with Gasteiger partial charge in [0.2, 0.25) is 0 Å². The van der Waals surface area contributed by atoms with Crippen molar-refractivity contribution in [1.29, 1.82) is 0 Å². The summed E-state index contributed by atoms with van der Waals surface area (Å²) >= 11 is 0. The van der Waals surface area contributed by atoms with Gasteiger partial charge in [-0.15, -0.1) is 0 Å². The largest absolute Gasteiger partial charge is 0.299 e. The van der Waals surface area contributed by atoms with Crippen molar-refractivity contribution in [2.45, 2.75) is 70.3 Å². The molecular formula is C22H32O3S. The van der Waals surface area contributed by atoms with E-state index in [0.717, 1.165) is 24.8 Å². The van der Waals surface area contributed by atoms with Gasteiger partial charge < -0.3 is 0 Å². The molecule has 1 aromatic carbocycles. The first-order valence-electron chi connectivity index (χ1n) is 9.86. The first kappa shape index (κ1) is 19.6. The minimum Gasteiger partial charge on any atom is -0.299 e. The van der Waals surface area contributed by atoms with Gasteiger partial charge in [0.05, 0.1) is 10.5 Å². The van der Waals surface area contributed by atoms with Crippen LogP contribution in [0.1, 0.15) is 65.4 Å². The Labute approximate surface area is 158 Å². The van der Waals surface area contributed by atoms with Crippen LogP contribution in [0.3, 0.4) is 0 Å². The molecular weight excluding hydrogens is 344 g/mol. The highest BCUT2D eigenvalue weighted by molar-refractivity contribution is 7.92. The van der Waals surface area contributed by atoms with Gasteiger partial charge in [0.25, 0.3) is 0 Å². The second kappa shape index (κ2) is 6.78. The molecule has 2 aliphatic carbocycles. The molecule has 0 N–H and O–H groups in total. The van der Waals surface area contributed by atoms with Gasteiger partial charge in [0.1, 0.15) is 5.78 Å². The van der Waals surface area contributed by atoms with E-state index < -0.39 is 14.6 Å². The van der Waals surface area contributed by atoms with Crippen LogP contribution in [0.15, 0.2) is 30.3 Å². The van der Waals surface area contributed by atoms with Gasteiger partial charge in [-0.2, -0.15) is 0 Å². The lowest BCUT2D eigenvalue weighted by Gasteiger charge is -2.58. The minimum absolute atomic E-state index is 0.0474. The summed E-state index contributed by atoms with van der Waals surface area (Å²) in [5.74, 6) is 0.879. The smallest absolute Gasteiger partial charge is 0.160 e. The van der Waals surface area contributed by atoms with Gasteiger partial charge in [0, 0.05) is 12.3 Å². The van der Waals surface area contributed by atoms with Gasteiger partial charge in [-0.1, -0.05) is 51.1 Å². The third kappa shape index (κ3) is 3.37. The number of carbonyl (C=O) groups excluding carboxylic acids is 1. The summed E-state index contributed by atoms with van der Waals surface area (Å²) in [6.07, 6.45) is 3.63. The Hall–Kier alpha value is -1.16. The molecule has 3 nitrogen and oxygen atoms in total. The van der Waals surface area contributed by atoms with E-state index in [1.54, 1.807) is 0 Å². The van der Waals surface area contributed by atoms with Crippen molar-refractivity contribution >= 4 is 15.6 Å². The van der Waals surface area contributed by atoms with Crippen molar-refractivity contribution in [2.24, 2.45) is 23.2 Å². The number of ketones is 1. The van der Waals surface area contributed by atoms with Crippen molar-refractivity contribution < 1.29 is 13.2 Å². The lowest BCUT2D eigenvalue weighted by atomic mass is 9.50. The molecule has 0 saturated heterocycles. The molecule has 0 amide bonds. The quantitative estimate of drug-likeness (QED) is 0.761. The van der Waals surface area contributed by atoms with E-state index in [9.17, 15) is 13.2 Å². The number of carbonyl (C=O) groups is 1. The molecule has 3 rings (SSSR count). The molecule has 1 aromatic rings. The highest BCUT2D eigenvalue weighted by Gasteiger charge is 2.59. The number of hydrogen-bond donors (Lipinski definition) is 0. The number of rotatable bonds is 3. The number of fused-ring (bicyclic) bond motifs is 1. The predicted molar refractivity (Wildman–Crippen MR) is 105 cm³/mol. The van der Waals surface area contributed by atoms with E-state index >= 15 is 0 Å². The van der Waals surface area contributed by atoms with Gasteiger partial charge >= 0.3 is 0 Å². The number of Topliss-reactive ketones (excluding diaryl/α,β-unsaturated/α-hetero) is 1. The normalized spacial score (nSPS) is 34.8. The monoisotopic (exact) mass is 376 g/mol. The molecule has 0 bridgehead atoms. The van der Waals surface area contributed by atoms with E-state index in [4.69, 9.17) is 0 Å². The molecule has 0 aliphatic heterocycles. The molecule has 2 fully saturated rings. The summed E-state index contributed by atoms with van der Waals surface area (Å²) in [4.78, 5) is 12.5. The molecule has 0 unspecified atom stereocenters. The summed E-state index contributed by atoms with van der Waals surface area (Å²) in [6.45, 7) is 8.43. The average Bonchev–Trinajstić information content (AvgIpc) is 2.60. The van der Waals surface area contributed by atoms with Crippen LogP contribution in [0.25, 0.3) is 0 Å². The maximum Gasteiger partial charge on any atom is 0.160 e. The van der Waals surface area contributed by atoms with Crippen LogP contribution in [-0.2, 0) is 20.4 Å². The van der Waals surface area contributed by atoms with E-state index in [1.165, 1.54) is 0 Å². The molecule has 0 spiro atoms. The second-order valence-electron chi connectivity index (χ2n) is 9.41. The Balaban J connectivity index is 1.96. The molecule has 0 radical (unpaired) electrons. The maximum atomic E-state index is 13.5. The summed E-state index contributed by atoms with van der Waals surface area (Å²) in [5, 5.41) is 0. The van der Waals surface area contributed by atoms with Crippen LogP contribution in [0, 0.1) is 23.2 Å². The minimum atomic E-state index is -3.37. The zero-order chi connectivity index (χ0) is 19.2. The zero-order valence-corrected chi connectivity index (χ0v) is 17.3. The second-order valence-corrected chi connectivity index (χ2v) is 11.9. The Morgan fingerprint density at radius 1 is 1.04 bits per heavy atom. The fourth-order valence-corrected chi connectivity index (χ4v) is 7.30. The van der Waals surface area contributed by atoms with Crippen molar-refractivity contribution in [3.05, 3.63) is 35.9 Å². The fraction of sp³-hybridized carbons (Fsp3) is 0.682. The van der Waals surface area contributed by atoms with Crippen molar-refractivity contribution in [3.63, 3.8) is 0 Å². The van der Waals surface area contributed by atoms with E-state index in [-0.39, 0.29) is 28.8 Å². The highest BCUT2D eigenvalue weighted by atomic mass is 32.2. The molecule has 2 saturated carbocycles. The van der Waals surface area contributed by atoms with Crippen molar-refractivity contribution in [2.75, 3.05) is 0 Å². The predicted octanol–water partition coefficient (Wildman–Crippen LogP) is 4.80. The third-order valence-electron chi connectivity index (χ3n) is 7.26. The van der Waals surface area contributed by atoms with E-state index in [1.807, 2.05) is 44.2 Å². The lowest BCUT2D eigenvalue weighted by molar-refractivity contribution is -0.122. The summed E-state index contributed by atoms with van der Waals surface area (Å²) in [7, 11) is -3.37. The van der Waals surface area contributed by atoms with Crippen LogP contribution in [0.5, 0.6) is 0 Å². The van der Waals surface area contributed by atoms with Crippen LogP contribution < -0.4 is 0 Å². The Bertz CT molecular complexity index is 766. The first-order valence-corrected chi connectivity index (χ1v) is 11.5. The summed E-state index contributed by atoms with van der Waals surface area (Å²) in [6, 6.07) is 9.44. The van der Waals surface area contributed by atoms with Gasteiger partial charge in [-0.3, -0.25) is 4.79 Å². The van der Waals surface area contributed by atoms with Gasteiger partial charge in [-0.25, -0.2) is 8.42 Å². The topological polar surface area (TPSA) is 51.2 Å². The Kier molecular flexibility index (Phi) is 5.11. The Morgan fingerprint density at radius 2 is 1.69 bits per heavy atom. The summed E-state index contributed by atoms with van der Waals surface area (Å²) in [5.41, 5.74) is 1.00. The van der Waals surface area contributed by atoms with Crippen molar-refractivity contribution in [1.82, 2.24) is 0 Å². The maximum absolute atomic E-state index is 13.5. The molecule has 26 heavy (non-hydrogen) atoms. The van der Waals surface area contributed by atoms with Crippen LogP contribution >= 0.6 is 0 Å². The molecule has 2 aliphatic rings. The third-order valence-corrected chi connectivity index (χ3v) is 9.90. The molecule has 144 valence electrons. The number of sulfone groups is 1. The zero-order valence-electron chi connectivity index (χ0n) is 16.5. The van der Waals surface area contributed by atoms with Gasteiger partial charge in [0.15, 0.2) is 9.84 Å². The average molecular weight is 377 g/mol. The summed E-state index contributed by atoms with van der Waals surface area (Å²) < 4.78 is 26.2. The van der Waals surface area contributed by atoms with Crippen LogP contribution in [-0.4, -0.2) is 18.9 Å². The fourth-order valence-electron chi connectivity index (χ4n) is 5.22.